The lowest BCUT2D eigenvalue weighted by molar-refractivity contribution is -0.384. The van der Waals surface area contributed by atoms with Gasteiger partial charge in [-0.3, -0.25) is 10.1 Å². The van der Waals surface area contributed by atoms with E-state index in [1.165, 1.54) is 24.3 Å². The van der Waals surface area contributed by atoms with Crippen molar-refractivity contribution in [2.24, 2.45) is 0 Å². The molecule has 0 atom stereocenters. The average Bonchev–Trinajstić information content (AvgIpc) is 2.37. The van der Waals surface area contributed by atoms with E-state index in [4.69, 9.17) is 0 Å². The maximum Gasteiger partial charge on any atom is 0.296 e. The van der Waals surface area contributed by atoms with Crippen LogP contribution in [0.15, 0.2) is 42.5 Å². The molecule has 19 heavy (non-hydrogen) atoms. The Morgan fingerprint density at radius 1 is 1.26 bits per heavy atom. The first-order valence-corrected chi connectivity index (χ1v) is 5.52. The highest BCUT2D eigenvalue weighted by molar-refractivity contribution is 5.63. The highest BCUT2D eigenvalue weighted by Crippen LogP contribution is 2.28. The van der Waals surface area contributed by atoms with Crippen LogP contribution in [0.1, 0.15) is 5.56 Å². The number of rotatable bonds is 4. The van der Waals surface area contributed by atoms with Gasteiger partial charge in [-0.1, -0.05) is 12.1 Å². The third-order valence-corrected chi connectivity index (χ3v) is 2.55. The minimum Gasteiger partial charge on any atom is -0.508 e. The smallest absolute Gasteiger partial charge is 0.296 e. The van der Waals surface area contributed by atoms with Gasteiger partial charge in [0.15, 0.2) is 0 Å². The summed E-state index contributed by atoms with van der Waals surface area (Å²) in [6, 6.07) is 9.77. The number of halogens is 1. The highest BCUT2D eigenvalue weighted by atomic mass is 19.1. The van der Waals surface area contributed by atoms with Crippen LogP contribution in [0.5, 0.6) is 5.75 Å². The third-order valence-electron chi connectivity index (χ3n) is 2.55. The second kappa shape index (κ2) is 5.34. The van der Waals surface area contributed by atoms with E-state index in [9.17, 15) is 19.6 Å². The van der Waals surface area contributed by atoms with E-state index >= 15 is 0 Å². The van der Waals surface area contributed by atoms with Crippen molar-refractivity contribution in [1.29, 1.82) is 0 Å². The van der Waals surface area contributed by atoms with E-state index in [-0.39, 0.29) is 29.5 Å². The molecular weight excluding hydrogens is 251 g/mol. The molecule has 2 rings (SSSR count). The zero-order chi connectivity index (χ0) is 13.8. The van der Waals surface area contributed by atoms with E-state index in [2.05, 4.69) is 5.32 Å². The molecule has 0 unspecified atom stereocenters. The molecule has 0 aliphatic carbocycles. The molecule has 0 aromatic heterocycles. The first kappa shape index (κ1) is 12.8. The molecule has 0 spiro atoms. The minimum absolute atomic E-state index is 0.178. The van der Waals surface area contributed by atoms with Crippen molar-refractivity contribution >= 4 is 11.4 Å². The zero-order valence-corrected chi connectivity index (χ0v) is 9.84. The van der Waals surface area contributed by atoms with Gasteiger partial charge in [-0.2, -0.15) is 0 Å². The molecule has 0 saturated heterocycles. The van der Waals surface area contributed by atoms with Crippen molar-refractivity contribution in [3.05, 3.63) is 64.0 Å². The normalized spacial score (nSPS) is 10.2. The Labute approximate surface area is 108 Å². The fraction of sp³-hybridized carbons (Fsp3) is 0.0769. The number of phenols is 1. The van der Waals surface area contributed by atoms with Crippen molar-refractivity contribution in [3.8, 4) is 5.75 Å². The highest BCUT2D eigenvalue weighted by Gasteiger charge is 2.14. The topological polar surface area (TPSA) is 75.4 Å². The van der Waals surface area contributed by atoms with Gasteiger partial charge in [0, 0.05) is 6.54 Å². The molecule has 0 saturated carbocycles. The first-order chi connectivity index (χ1) is 9.06. The van der Waals surface area contributed by atoms with E-state index in [0.717, 1.165) is 6.07 Å². The van der Waals surface area contributed by atoms with Crippen LogP contribution < -0.4 is 5.32 Å². The molecule has 2 N–H and O–H groups in total. The summed E-state index contributed by atoms with van der Waals surface area (Å²) in [5.74, 6) is -0.539. The summed E-state index contributed by atoms with van der Waals surface area (Å²) >= 11 is 0. The van der Waals surface area contributed by atoms with Crippen LogP contribution >= 0.6 is 0 Å². The number of nitro benzene ring substituents is 1. The summed E-state index contributed by atoms with van der Waals surface area (Å²) in [5.41, 5.74) is 0.714. The van der Waals surface area contributed by atoms with Gasteiger partial charge in [-0.15, -0.1) is 0 Å². The predicted octanol–water partition coefficient (Wildman–Crippen LogP) is 3.05. The lowest BCUT2D eigenvalue weighted by atomic mass is 10.2. The van der Waals surface area contributed by atoms with Gasteiger partial charge in [-0.05, 0) is 29.8 Å². The van der Waals surface area contributed by atoms with Gasteiger partial charge in [0.1, 0.15) is 17.3 Å². The Hall–Kier alpha value is -2.63. The lowest BCUT2D eigenvalue weighted by Gasteiger charge is -2.07. The lowest BCUT2D eigenvalue weighted by Crippen LogP contribution is -2.02. The van der Waals surface area contributed by atoms with E-state index in [1.807, 2.05) is 0 Å². The van der Waals surface area contributed by atoms with Gasteiger partial charge in [0.2, 0.25) is 0 Å². The van der Waals surface area contributed by atoms with Crippen molar-refractivity contribution in [1.82, 2.24) is 0 Å². The molecule has 0 amide bonds. The third kappa shape index (κ3) is 3.19. The molecule has 5 nitrogen and oxygen atoms in total. The number of aromatic hydroxyl groups is 1. The summed E-state index contributed by atoms with van der Waals surface area (Å²) < 4.78 is 13.0. The number of hydrogen-bond acceptors (Lipinski definition) is 4. The Morgan fingerprint density at radius 2 is 2.05 bits per heavy atom. The van der Waals surface area contributed by atoms with Crippen molar-refractivity contribution in [2.75, 3.05) is 5.32 Å². The summed E-state index contributed by atoms with van der Waals surface area (Å²) in [4.78, 5) is 10.2. The van der Waals surface area contributed by atoms with Crippen LogP contribution in [0.4, 0.5) is 15.8 Å². The Morgan fingerprint density at radius 3 is 2.74 bits per heavy atom. The molecule has 6 heteroatoms. The molecule has 2 aromatic carbocycles. The van der Waals surface area contributed by atoms with Crippen LogP contribution in [0, 0.1) is 15.9 Å². The summed E-state index contributed by atoms with van der Waals surface area (Å²) in [5, 5.41) is 22.9. The fourth-order valence-corrected chi connectivity index (χ4v) is 1.66. The Balaban J connectivity index is 2.17. The summed E-state index contributed by atoms with van der Waals surface area (Å²) in [6.07, 6.45) is 0. The first-order valence-electron chi connectivity index (χ1n) is 5.52. The van der Waals surface area contributed by atoms with Crippen LogP contribution in [0.3, 0.4) is 0 Å². The molecular formula is C13H11FN2O3. The number of benzene rings is 2. The van der Waals surface area contributed by atoms with Crippen LogP contribution in [-0.2, 0) is 6.54 Å². The van der Waals surface area contributed by atoms with Gasteiger partial charge in [0.05, 0.1) is 11.0 Å². The van der Waals surface area contributed by atoms with Crippen molar-refractivity contribution in [3.63, 3.8) is 0 Å². The molecule has 2 aromatic rings. The fourth-order valence-electron chi connectivity index (χ4n) is 1.66. The predicted molar refractivity (Wildman–Crippen MR) is 68.5 cm³/mol. The Bertz CT molecular complexity index is 617. The maximum atomic E-state index is 13.0. The van der Waals surface area contributed by atoms with Crippen LogP contribution in [0.2, 0.25) is 0 Å². The van der Waals surface area contributed by atoms with Gasteiger partial charge in [0.25, 0.3) is 5.69 Å². The quantitative estimate of drug-likeness (QED) is 0.504. The van der Waals surface area contributed by atoms with E-state index in [1.54, 1.807) is 12.1 Å². The second-order valence-electron chi connectivity index (χ2n) is 3.94. The number of hydrogen-bond donors (Lipinski definition) is 2. The molecule has 0 heterocycles. The van der Waals surface area contributed by atoms with Gasteiger partial charge >= 0.3 is 0 Å². The summed E-state index contributed by atoms with van der Waals surface area (Å²) in [7, 11) is 0. The number of nitro groups is 1. The van der Waals surface area contributed by atoms with Gasteiger partial charge < -0.3 is 10.4 Å². The molecule has 0 radical (unpaired) electrons. The number of anilines is 1. The largest absolute Gasteiger partial charge is 0.508 e. The van der Waals surface area contributed by atoms with Crippen molar-refractivity contribution < 1.29 is 14.4 Å². The number of nitrogens with one attached hydrogen (secondary N) is 1. The maximum absolute atomic E-state index is 13.0. The molecule has 98 valence electrons. The Kier molecular flexibility index (Phi) is 3.61. The number of phenolic OH excluding ortho intramolecular Hbond substituents is 1. The average molecular weight is 262 g/mol. The monoisotopic (exact) mass is 262 g/mol. The number of nitrogens with zero attached hydrogens (tertiary/aromatic N) is 1. The van der Waals surface area contributed by atoms with Crippen LogP contribution in [-0.4, -0.2) is 10.0 Å². The molecule has 0 fully saturated rings. The van der Waals surface area contributed by atoms with Crippen molar-refractivity contribution in [2.45, 2.75) is 6.54 Å². The standard InChI is InChI=1S/C13H11FN2O3/c14-10-3-1-2-9(6-10)8-15-12-5-4-11(17)7-13(12)16(18)19/h1-7,15,17H,8H2. The van der Waals surface area contributed by atoms with Crippen LogP contribution in [0.25, 0.3) is 0 Å². The van der Waals surface area contributed by atoms with E-state index in [0.29, 0.717) is 5.56 Å². The SMILES string of the molecule is O=[N+]([O-])c1cc(O)ccc1NCc1cccc(F)c1. The second-order valence-corrected chi connectivity index (χ2v) is 3.94. The molecule has 0 bridgehead atoms. The molecule has 0 aliphatic heterocycles. The zero-order valence-electron chi connectivity index (χ0n) is 9.84. The van der Waals surface area contributed by atoms with E-state index < -0.39 is 4.92 Å². The molecule has 0 aliphatic rings. The summed E-state index contributed by atoms with van der Waals surface area (Å²) in [6.45, 7) is 0.253. The van der Waals surface area contributed by atoms with Gasteiger partial charge in [-0.25, -0.2) is 4.39 Å². The minimum atomic E-state index is -0.590.